The molecule has 0 unspecified atom stereocenters. The van der Waals surface area contributed by atoms with Gasteiger partial charge in [0.2, 0.25) is 0 Å². The molecule has 0 aliphatic rings. The number of nitrogens with zero attached hydrogens (tertiary/aromatic N) is 2. The molecular weight excluding hydrogens is 348 g/mol. The number of halogens is 1. The van der Waals surface area contributed by atoms with Crippen LogP contribution in [0.5, 0.6) is 0 Å². The Kier molecular flexibility index (Phi) is 8.01. The predicted octanol–water partition coefficient (Wildman–Crippen LogP) is 6.64. The van der Waals surface area contributed by atoms with Crippen LogP contribution in [-0.4, -0.2) is 9.97 Å². The first-order valence-electron chi connectivity index (χ1n) is 9.20. The van der Waals surface area contributed by atoms with Crippen LogP contribution in [-0.2, 0) is 12.8 Å². The Morgan fingerprint density at radius 1 is 0.783 bits per heavy atom. The maximum absolute atomic E-state index is 4.96. The quantitative estimate of drug-likeness (QED) is 0.434. The molecule has 23 heavy (non-hydrogen) atoms. The highest BCUT2D eigenvalue weighted by Gasteiger charge is 2.10. The molecule has 0 aliphatic carbocycles. The highest BCUT2D eigenvalue weighted by Crippen LogP contribution is 2.23. The Bertz CT molecular complexity index is 610. The molecule has 2 rings (SSSR count). The minimum absolute atomic E-state index is 1.01. The molecule has 2 nitrogen and oxygen atoms in total. The van der Waals surface area contributed by atoms with Gasteiger partial charge in [-0.1, -0.05) is 58.4 Å². The molecule has 0 bridgehead atoms. The van der Waals surface area contributed by atoms with Gasteiger partial charge in [0, 0.05) is 4.47 Å². The fourth-order valence-electron chi connectivity index (χ4n) is 2.95. The average Bonchev–Trinajstić information content (AvgIpc) is 2.56. The van der Waals surface area contributed by atoms with E-state index >= 15 is 0 Å². The van der Waals surface area contributed by atoms with Crippen LogP contribution in [0.3, 0.4) is 0 Å². The van der Waals surface area contributed by atoms with E-state index in [2.05, 4.69) is 41.9 Å². The lowest BCUT2D eigenvalue weighted by molar-refractivity contribution is 0.639. The fourth-order valence-corrected chi connectivity index (χ4v) is 3.40. The number of hydrogen-bond acceptors (Lipinski definition) is 2. The molecule has 1 aromatic heterocycles. The predicted molar refractivity (Wildman–Crippen MR) is 103 cm³/mol. The molecule has 0 saturated heterocycles. The summed E-state index contributed by atoms with van der Waals surface area (Å²) in [5.41, 5.74) is 4.47. The number of benzene rings is 1. The third kappa shape index (κ3) is 5.56. The van der Waals surface area contributed by atoms with Crippen LogP contribution < -0.4 is 0 Å². The molecule has 0 fully saturated rings. The second-order valence-electron chi connectivity index (χ2n) is 6.35. The van der Waals surface area contributed by atoms with E-state index in [0.29, 0.717) is 0 Å². The van der Waals surface area contributed by atoms with Crippen LogP contribution in [0.15, 0.2) is 22.7 Å². The van der Waals surface area contributed by atoms with Gasteiger partial charge in [0.05, 0.1) is 16.9 Å². The zero-order valence-electron chi connectivity index (χ0n) is 14.6. The van der Waals surface area contributed by atoms with Crippen molar-refractivity contribution in [3.8, 4) is 0 Å². The van der Waals surface area contributed by atoms with Gasteiger partial charge in [-0.05, 0) is 53.7 Å². The minimum atomic E-state index is 1.01. The van der Waals surface area contributed by atoms with E-state index < -0.39 is 0 Å². The summed E-state index contributed by atoms with van der Waals surface area (Å²) in [4.78, 5) is 9.90. The van der Waals surface area contributed by atoms with Crippen LogP contribution in [0.2, 0.25) is 0 Å². The summed E-state index contributed by atoms with van der Waals surface area (Å²) in [6.07, 6.45) is 12.4. The van der Waals surface area contributed by atoms with Crippen LogP contribution in [0.25, 0.3) is 11.0 Å². The molecule has 1 aromatic carbocycles. The van der Waals surface area contributed by atoms with Gasteiger partial charge in [0.1, 0.15) is 5.52 Å². The van der Waals surface area contributed by atoms with Crippen LogP contribution in [0.4, 0.5) is 0 Å². The molecule has 126 valence electrons. The lowest BCUT2D eigenvalue weighted by Gasteiger charge is -2.11. The summed E-state index contributed by atoms with van der Waals surface area (Å²) in [5.74, 6) is 0. The number of unbranched alkanes of at least 4 members (excludes halogenated alkanes) is 6. The summed E-state index contributed by atoms with van der Waals surface area (Å²) >= 11 is 3.62. The van der Waals surface area contributed by atoms with E-state index in [1.165, 1.54) is 62.8 Å². The van der Waals surface area contributed by atoms with Crippen LogP contribution >= 0.6 is 15.9 Å². The van der Waals surface area contributed by atoms with E-state index in [0.717, 1.165) is 28.3 Å². The van der Waals surface area contributed by atoms with Gasteiger partial charge in [-0.15, -0.1) is 0 Å². The SMILES string of the molecule is CCCCCCc1nc2cccc(Br)c2nc1CCCCCC. The molecule has 1 heterocycles. The van der Waals surface area contributed by atoms with Gasteiger partial charge in [-0.3, -0.25) is 0 Å². The van der Waals surface area contributed by atoms with Gasteiger partial charge >= 0.3 is 0 Å². The molecule has 0 saturated carbocycles. The lowest BCUT2D eigenvalue weighted by Crippen LogP contribution is -2.04. The van der Waals surface area contributed by atoms with Crippen molar-refractivity contribution in [3.63, 3.8) is 0 Å². The summed E-state index contributed by atoms with van der Waals surface area (Å²) in [7, 11) is 0. The van der Waals surface area contributed by atoms with Crippen molar-refractivity contribution < 1.29 is 0 Å². The zero-order valence-corrected chi connectivity index (χ0v) is 16.2. The zero-order chi connectivity index (χ0) is 16.5. The molecule has 0 aliphatic heterocycles. The monoisotopic (exact) mass is 376 g/mol. The minimum Gasteiger partial charge on any atom is -0.249 e. The first-order valence-corrected chi connectivity index (χ1v) is 9.99. The average molecular weight is 377 g/mol. The maximum atomic E-state index is 4.96. The normalized spacial score (nSPS) is 11.3. The van der Waals surface area contributed by atoms with E-state index in [9.17, 15) is 0 Å². The molecule has 2 aromatic rings. The number of para-hydroxylation sites is 1. The third-order valence-electron chi connectivity index (χ3n) is 4.34. The maximum Gasteiger partial charge on any atom is 0.103 e. The summed E-state index contributed by atoms with van der Waals surface area (Å²) < 4.78 is 1.05. The van der Waals surface area contributed by atoms with Crippen molar-refractivity contribution in [2.24, 2.45) is 0 Å². The molecule has 0 radical (unpaired) electrons. The smallest absolute Gasteiger partial charge is 0.103 e. The van der Waals surface area contributed by atoms with E-state index in [4.69, 9.17) is 9.97 Å². The largest absolute Gasteiger partial charge is 0.249 e. The summed E-state index contributed by atoms with van der Waals surface area (Å²) in [5, 5.41) is 0. The Labute approximate surface area is 149 Å². The number of hydrogen-bond donors (Lipinski definition) is 0. The number of aryl methyl sites for hydroxylation is 2. The number of fused-ring (bicyclic) bond motifs is 1. The Morgan fingerprint density at radius 3 is 2.00 bits per heavy atom. The van der Waals surface area contributed by atoms with Gasteiger partial charge in [0.15, 0.2) is 0 Å². The molecular formula is C20H29BrN2. The lowest BCUT2D eigenvalue weighted by atomic mass is 10.0. The molecule has 0 N–H and O–H groups in total. The highest BCUT2D eigenvalue weighted by molar-refractivity contribution is 9.10. The topological polar surface area (TPSA) is 25.8 Å². The van der Waals surface area contributed by atoms with Gasteiger partial charge in [0.25, 0.3) is 0 Å². The Balaban J connectivity index is 2.17. The van der Waals surface area contributed by atoms with Gasteiger partial charge in [-0.2, -0.15) is 0 Å². The third-order valence-corrected chi connectivity index (χ3v) is 4.97. The fraction of sp³-hybridized carbons (Fsp3) is 0.600. The highest BCUT2D eigenvalue weighted by atomic mass is 79.9. The number of rotatable bonds is 10. The molecule has 3 heteroatoms. The summed E-state index contributed by atoms with van der Waals surface area (Å²) in [6, 6.07) is 6.17. The van der Waals surface area contributed by atoms with Crippen molar-refractivity contribution >= 4 is 27.0 Å². The van der Waals surface area contributed by atoms with Crippen molar-refractivity contribution in [3.05, 3.63) is 34.1 Å². The van der Waals surface area contributed by atoms with E-state index in [-0.39, 0.29) is 0 Å². The standard InChI is InChI=1S/C20H29BrN2/c1-3-5-7-9-13-17-18(14-10-8-6-4-2)23-20-16(21)12-11-15-19(20)22-17/h11-12,15H,3-10,13-14H2,1-2H3. The van der Waals surface area contributed by atoms with E-state index in [1.54, 1.807) is 0 Å². The first-order chi connectivity index (χ1) is 11.3. The van der Waals surface area contributed by atoms with Crippen molar-refractivity contribution in [1.29, 1.82) is 0 Å². The second-order valence-corrected chi connectivity index (χ2v) is 7.20. The van der Waals surface area contributed by atoms with E-state index in [1.807, 2.05) is 6.07 Å². The van der Waals surface area contributed by atoms with Gasteiger partial charge in [-0.25, -0.2) is 9.97 Å². The van der Waals surface area contributed by atoms with Crippen molar-refractivity contribution in [2.75, 3.05) is 0 Å². The molecule has 0 atom stereocenters. The second kappa shape index (κ2) is 10.0. The van der Waals surface area contributed by atoms with Crippen LogP contribution in [0.1, 0.15) is 76.6 Å². The number of aromatic nitrogens is 2. The van der Waals surface area contributed by atoms with Gasteiger partial charge < -0.3 is 0 Å². The van der Waals surface area contributed by atoms with Crippen molar-refractivity contribution in [2.45, 2.75) is 78.1 Å². The van der Waals surface area contributed by atoms with Crippen LogP contribution in [0, 0.1) is 0 Å². The Hall–Kier alpha value is -0.960. The molecule has 0 amide bonds. The Morgan fingerprint density at radius 2 is 1.39 bits per heavy atom. The van der Waals surface area contributed by atoms with Crippen molar-refractivity contribution in [1.82, 2.24) is 9.97 Å². The molecule has 0 spiro atoms. The first kappa shape index (κ1) is 18.4. The summed E-state index contributed by atoms with van der Waals surface area (Å²) in [6.45, 7) is 4.51.